The summed E-state index contributed by atoms with van der Waals surface area (Å²) in [5, 5.41) is 9.11. The Kier molecular flexibility index (Phi) is 5.45. The van der Waals surface area contributed by atoms with Gasteiger partial charge in [0.15, 0.2) is 5.82 Å². The third-order valence-corrected chi connectivity index (χ3v) is 6.43. The van der Waals surface area contributed by atoms with Gasteiger partial charge in [-0.3, -0.25) is 9.59 Å². The summed E-state index contributed by atoms with van der Waals surface area (Å²) < 4.78 is 1.32. The lowest BCUT2D eigenvalue weighted by atomic mass is 10.1. The Hall–Kier alpha value is -3.15. The highest BCUT2D eigenvalue weighted by Gasteiger charge is 2.19. The summed E-state index contributed by atoms with van der Waals surface area (Å²) in [4.78, 5) is 28.1. The van der Waals surface area contributed by atoms with E-state index in [-0.39, 0.29) is 18.0 Å². The first-order valence-electron chi connectivity index (χ1n) is 11.4. The summed E-state index contributed by atoms with van der Waals surface area (Å²) in [5.74, 6) is 0.576. The van der Waals surface area contributed by atoms with Gasteiger partial charge in [-0.1, -0.05) is 37.1 Å². The lowest BCUT2D eigenvalue weighted by Crippen LogP contribution is -2.33. The molecule has 0 spiro atoms. The zero-order valence-electron chi connectivity index (χ0n) is 17.8. The summed E-state index contributed by atoms with van der Waals surface area (Å²) in [6.07, 6.45) is 8.02. The second-order valence-electron chi connectivity index (χ2n) is 8.62. The molecule has 5 rings (SSSR count). The maximum atomic E-state index is 13.1. The van der Waals surface area contributed by atoms with Crippen molar-refractivity contribution in [3.05, 3.63) is 63.9 Å². The van der Waals surface area contributed by atoms with Crippen LogP contribution in [-0.2, 0) is 24.2 Å². The number of aryl methyl sites for hydroxylation is 2. The molecule has 0 radical (unpaired) electrons. The molecule has 1 amide bonds. The molecule has 2 aliphatic rings. The number of carbonyl (C=O) groups excluding carboxylic acids is 1. The number of aromatic nitrogens is 2. The maximum Gasteiger partial charge on any atom is 0.275 e. The molecule has 6 heteroatoms. The Balaban J connectivity index is 1.44. The second kappa shape index (κ2) is 8.53. The van der Waals surface area contributed by atoms with Gasteiger partial charge in [-0.15, -0.1) is 0 Å². The van der Waals surface area contributed by atoms with E-state index in [1.165, 1.54) is 35.1 Å². The molecule has 1 N–H and O–H groups in total. The molecule has 3 aromatic rings. The van der Waals surface area contributed by atoms with Gasteiger partial charge in [-0.2, -0.15) is 5.10 Å². The van der Waals surface area contributed by atoms with Crippen LogP contribution in [0.25, 0.3) is 10.8 Å². The number of rotatable bonds is 4. The standard InChI is InChI=1S/C25H28N4O2/c30-23(26-20-13-12-18-8-7-9-19(18)16-20)17-29-25(31)22-11-4-3-10-21(22)24(27-29)28-14-5-1-2-6-15-28/h3-4,10-13,16H,1-2,5-9,14-15,17H2,(H,26,30). The smallest absolute Gasteiger partial charge is 0.275 e. The Morgan fingerprint density at radius 1 is 0.903 bits per heavy atom. The molecule has 1 saturated heterocycles. The van der Waals surface area contributed by atoms with Gasteiger partial charge in [0.1, 0.15) is 6.54 Å². The number of fused-ring (bicyclic) bond motifs is 2. The van der Waals surface area contributed by atoms with E-state index < -0.39 is 0 Å². The molecule has 0 unspecified atom stereocenters. The minimum Gasteiger partial charge on any atom is -0.355 e. The highest BCUT2D eigenvalue weighted by Crippen LogP contribution is 2.26. The first-order chi connectivity index (χ1) is 15.2. The summed E-state index contributed by atoms with van der Waals surface area (Å²) in [6.45, 7) is 1.76. The number of amides is 1. The Morgan fingerprint density at radius 3 is 2.45 bits per heavy atom. The highest BCUT2D eigenvalue weighted by atomic mass is 16.2. The molecule has 2 aromatic carbocycles. The predicted octanol–water partition coefficient (Wildman–Crippen LogP) is 3.90. The number of carbonyl (C=O) groups is 1. The minimum atomic E-state index is -0.232. The Bertz CT molecular complexity index is 1180. The molecule has 1 aromatic heterocycles. The van der Waals surface area contributed by atoms with Gasteiger partial charge in [-0.05, 0) is 61.4 Å². The molecular weight excluding hydrogens is 388 g/mol. The Labute approximate surface area is 181 Å². The molecule has 1 fully saturated rings. The predicted molar refractivity (Wildman–Crippen MR) is 124 cm³/mol. The van der Waals surface area contributed by atoms with E-state index in [4.69, 9.17) is 0 Å². The number of nitrogens with one attached hydrogen (secondary N) is 1. The summed E-state index contributed by atoms with van der Waals surface area (Å²) in [5.41, 5.74) is 3.24. The van der Waals surface area contributed by atoms with Crippen molar-refractivity contribution in [1.29, 1.82) is 0 Å². The van der Waals surface area contributed by atoms with Gasteiger partial charge in [-0.25, -0.2) is 4.68 Å². The van der Waals surface area contributed by atoms with Crippen molar-refractivity contribution < 1.29 is 4.79 Å². The lowest BCUT2D eigenvalue weighted by molar-refractivity contribution is -0.117. The normalized spacial score (nSPS) is 16.2. The van der Waals surface area contributed by atoms with Crippen molar-refractivity contribution >= 4 is 28.2 Å². The lowest BCUT2D eigenvalue weighted by Gasteiger charge is -2.23. The quantitative estimate of drug-likeness (QED) is 0.700. The van der Waals surface area contributed by atoms with Crippen LogP contribution in [0.3, 0.4) is 0 Å². The summed E-state index contributed by atoms with van der Waals surface area (Å²) >= 11 is 0. The monoisotopic (exact) mass is 416 g/mol. The van der Waals surface area contributed by atoms with Crippen LogP contribution >= 0.6 is 0 Å². The van der Waals surface area contributed by atoms with Crippen LogP contribution in [0, 0.1) is 0 Å². The van der Waals surface area contributed by atoms with E-state index in [0.717, 1.165) is 55.7 Å². The van der Waals surface area contributed by atoms with Crippen LogP contribution in [0.2, 0.25) is 0 Å². The molecule has 31 heavy (non-hydrogen) atoms. The van der Waals surface area contributed by atoms with Crippen molar-refractivity contribution in [3.8, 4) is 0 Å². The Morgan fingerprint density at radius 2 is 1.65 bits per heavy atom. The van der Waals surface area contributed by atoms with E-state index in [1.54, 1.807) is 0 Å². The summed E-state index contributed by atoms with van der Waals surface area (Å²) in [7, 11) is 0. The van der Waals surface area contributed by atoms with Crippen LogP contribution in [-0.4, -0.2) is 28.8 Å². The number of hydrogen-bond donors (Lipinski definition) is 1. The van der Waals surface area contributed by atoms with Gasteiger partial charge in [0.05, 0.1) is 5.39 Å². The molecule has 1 aliphatic carbocycles. The average Bonchev–Trinajstić information content (AvgIpc) is 3.08. The fraction of sp³-hybridized carbons (Fsp3) is 0.400. The highest BCUT2D eigenvalue weighted by molar-refractivity contribution is 5.93. The first-order valence-corrected chi connectivity index (χ1v) is 11.4. The third-order valence-electron chi connectivity index (χ3n) is 6.43. The van der Waals surface area contributed by atoms with Gasteiger partial charge >= 0.3 is 0 Å². The molecule has 2 heterocycles. The van der Waals surface area contributed by atoms with Crippen molar-refractivity contribution in [2.24, 2.45) is 0 Å². The van der Waals surface area contributed by atoms with Crippen molar-refractivity contribution in [3.63, 3.8) is 0 Å². The fourth-order valence-corrected chi connectivity index (χ4v) is 4.83. The topological polar surface area (TPSA) is 67.2 Å². The number of anilines is 2. The van der Waals surface area contributed by atoms with Crippen LogP contribution < -0.4 is 15.8 Å². The maximum absolute atomic E-state index is 13.1. The van der Waals surface area contributed by atoms with Crippen LogP contribution in [0.4, 0.5) is 11.5 Å². The van der Waals surface area contributed by atoms with Gasteiger partial charge in [0.25, 0.3) is 5.56 Å². The van der Waals surface area contributed by atoms with Crippen LogP contribution in [0.5, 0.6) is 0 Å². The second-order valence-corrected chi connectivity index (χ2v) is 8.62. The van der Waals surface area contributed by atoms with Gasteiger partial charge in [0, 0.05) is 24.2 Å². The first kappa shape index (κ1) is 19.8. The largest absolute Gasteiger partial charge is 0.355 e. The fourth-order valence-electron chi connectivity index (χ4n) is 4.83. The number of hydrogen-bond acceptors (Lipinski definition) is 4. The van der Waals surface area contributed by atoms with E-state index in [1.807, 2.05) is 30.3 Å². The van der Waals surface area contributed by atoms with Crippen molar-refractivity contribution in [2.45, 2.75) is 51.5 Å². The zero-order valence-corrected chi connectivity index (χ0v) is 17.8. The molecule has 0 atom stereocenters. The van der Waals surface area contributed by atoms with Crippen LogP contribution in [0.1, 0.15) is 43.2 Å². The molecule has 6 nitrogen and oxygen atoms in total. The van der Waals surface area contributed by atoms with Gasteiger partial charge < -0.3 is 10.2 Å². The molecule has 0 bridgehead atoms. The van der Waals surface area contributed by atoms with Gasteiger partial charge in [0.2, 0.25) is 5.91 Å². The molecule has 1 aliphatic heterocycles. The minimum absolute atomic E-state index is 0.0956. The van der Waals surface area contributed by atoms with E-state index >= 15 is 0 Å². The van der Waals surface area contributed by atoms with E-state index in [2.05, 4.69) is 27.4 Å². The van der Waals surface area contributed by atoms with Crippen molar-refractivity contribution in [2.75, 3.05) is 23.3 Å². The number of benzene rings is 2. The third kappa shape index (κ3) is 4.07. The molecule has 160 valence electrons. The SMILES string of the molecule is O=C(Cn1nc(N2CCCCCC2)c2ccccc2c1=O)Nc1ccc2c(c1)CCC2. The van der Waals surface area contributed by atoms with Crippen molar-refractivity contribution in [1.82, 2.24) is 9.78 Å². The average molecular weight is 417 g/mol. The van der Waals surface area contributed by atoms with E-state index in [0.29, 0.717) is 5.39 Å². The van der Waals surface area contributed by atoms with Crippen LogP contribution in [0.15, 0.2) is 47.3 Å². The number of nitrogens with zero attached hydrogens (tertiary/aromatic N) is 3. The molecule has 0 saturated carbocycles. The molecular formula is C25H28N4O2. The summed E-state index contributed by atoms with van der Waals surface area (Å²) in [6, 6.07) is 13.7. The van der Waals surface area contributed by atoms with E-state index in [9.17, 15) is 9.59 Å². The zero-order chi connectivity index (χ0) is 21.2.